The molecule has 4 aromatic rings. The van der Waals surface area contributed by atoms with Crippen molar-refractivity contribution < 1.29 is 14.3 Å². The Balaban J connectivity index is 1.28. The van der Waals surface area contributed by atoms with E-state index in [-0.39, 0.29) is 11.9 Å². The van der Waals surface area contributed by atoms with Gasteiger partial charge in [0, 0.05) is 23.4 Å². The number of aryl methyl sites for hydroxylation is 1. The minimum atomic E-state index is -0.437. The number of carbonyl (C=O) groups is 2. The highest BCUT2D eigenvalue weighted by molar-refractivity contribution is 5.99. The minimum absolute atomic E-state index is 0.0117. The van der Waals surface area contributed by atoms with Crippen molar-refractivity contribution in [1.29, 1.82) is 0 Å². The third-order valence-electron chi connectivity index (χ3n) is 6.05. The van der Waals surface area contributed by atoms with Gasteiger partial charge in [0.05, 0.1) is 49.2 Å². The zero-order valence-corrected chi connectivity index (χ0v) is 20.3. The Hall–Kier alpha value is -4.63. The Kier molecular flexibility index (Phi) is 7.14. The third-order valence-corrected chi connectivity index (χ3v) is 6.05. The van der Waals surface area contributed by atoms with Crippen LogP contribution in [0.1, 0.15) is 27.7 Å². The number of ether oxygens (including phenoxy) is 1. The molecule has 1 atom stereocenters. The molecule has 5 rings (SSSR count). The van der Waals surface area contributed by atoms with Crippen molar-refractivity contribution in [2.45, 2.75) is 13.0 Å². The molecule has 1 aliphatic heterocycles. The first-order valence-electron chi connectivity index (χ1n) is 11.9. The van der Waals surface area contributed by atoms with Crippen molar-refractivity contribution in [1.82, 2.24) is 19.9 Å². The second kappa shape index (κ2) is 11.0. The fraction of sp³-hybridized carbons (Fsp3) is 0.179. The SMILES string of the molecule is Cc1ccc(NC(=O)Nc2cncc(-c3ccc(C4COCCN4C(=O)c4ccccc4)cc3)n2)cn1. The quantitative estimate of drug-likeness (QED) is 0.416. The van der Waals surface area contributed by atoms with Gasteiger partial charge < -0.3 is 15.0 Å². The lowest BCUT2D eigenvalue weighted by atomic mass is 10.0. The van der Waals surface area contributed by atoms with E-state index in [2.05, 4.69) is 25.6 Å². The highest BCUT2D eigenvalue weighted by Crippen LogP contribution is 2.28. The lowest BCUT2D eigenvalue weighted by Gasteiger charge is -2.36. The summed E-state index contributed by atoms with van der Waals surface area (Å²) in [5, 5.41) is 5.42. The molecule has 3 heterocycles. The van der Waals surface area contributed by atoms with Gasteiger partial charge in [0.2, 0.25) is 0 Å². The van der Waals surface area contributed by atoms with E-state index in [9.17, 15) is 9.59 Å². The van der Waals surface area contributed by atoms with Gasteiger partial charge in [-0.2, -0.15) is 0 Å². The number of hydrogen-bond acceptors (Lipinski definition) is 6. The van der Waals surface area contributed by atoms with Crippen LogP contribution in [0, 0.1) is 6.92 Å². The molecule has 0 saturated carbocycles. The Morgan fingerprint density at radius 2 is 1.76 bits per heavy atom. The summed E-state index contributed by atoms with van der Waals surface area (Å²) in [7, 11) is 0. The predicted octanol–water partition coefficient (Wildman–Crippen LogP) is 4.70. The van der Waals surface area contributed by atoms with Crippen LogP contribution in [0.25, 0.3) is 11.3 Å². The number of hydrogen-bond donors (Lipinski definition) is 2. The molecule has 186 valence electrons. The summed E-state index contributed by atoms with van der Waals surface area (Å²) < 4.78 is 5.70. The molecule has 0 spiro atoms. The van der Waals surface area contributed by atoms with Gasteiger partial charge in [-0.15, -0.1) is 0 Å². The van der Waals surface area contributed by atoms with E-state index in [0.717, 1.165) is 16.8 Å². The molecule has 1 saturated heterocycles. The van der Waals surface area contributed by atoms with Gasteiger partial charge in [-0.1, -0.05) is 42.5 Å². The smallest absolute Gasteiger partial charge is 0.324 e. The Morgan fingerprint density at radius 3 is 2.51 bits per heavy atom. The van der Waals surface area contributed by atoms with E-state index in [0.29, 0.717) is 42.5 Å². The molecule has 1 aliphatic rings. The summed E-state index contributed by atoms with van der Waals surface area (Å²) in [6.45, 7) is 3.35. The Morgan fingerprint density at radius 1 is 0.946 bits per heavy atom. The molecule has 3 amide bonds. The summed E-state index contributed by atoms with van der Waals surface area (Å²) in [5.41, 5.74) is 4.52. The second-order valence-electron chi connectivity index (χ2n) is 8.63. The molecule has 0 aliphatic carbocycles. The number of pyridine rings is 1. The number of anilines is 2. The number of amides is 3. The molecule has 0 bridgehead atoms. The zero-order valence-electron chi connectivity index (χ0n) is 20.3. The van der Waals surface area contributed by atoms with Crippen molar-refractivity contribution in [2.75, 3.05) is 30.4 Å². The van der Waals surface area contributed by atoms with Crippen molar-refractivity contribution in [3.8, 4) is 11.3 Å². The first kappa shape index (κ1) is 24.1. The predicted molar refractivity (Wildman–Crippen MR) is 140 cm³/mol. The van der Waals surface area contributed by atoms with Crippen LogP contribution in [0.15, 0.2) is 85.3 Å². The second-order valence-corrected chi connectivity index (χ2v) is 8.63. The molecular weight excluding hydrogens is 468 g/mol. The molecule has 2 aromatic heterocycles. The van der Waals surface area contributed by atoms with Crippen LogP contribution in [-0.2, 0) is 4.74 Å². The maximum atomic E-state index is 13.1. The van der Waals surface area contributed by atoms with Crippen LogP contribution in [-0.4, -0.2) is 51.5 Å². The van der Waals surface area contributed by atoms with Gasteiger partial charge in [-0.25, -0.2) is 9.78 Å². The lowest BCUT2D eigenvalue weighted by Crippen LogP contribution is -2.43. The first-order chi connectivity index (χ1) is 18.1. The van der Waals surface area contributed by atoms with Crippen LogP contribution >= 0.6 is 0 Å². The summed E-state index contributed by atoms with van der Waals surface area (Å²) in [4.78, 5) is 40.3. The zero-order chi connectivity index (χ0) is 25.6. The van der Waals surface area contributed by atoms with Crippen LogP contribution in [0.2, 0.25) is 0 Å². The van der Waals surface area contributed by atoms with Crippen LogP contribution in [0.5, 0.6) is 0 Å². The largest absolute Gasteiger partial charge is 0.377 e. The molecule has 0 radical (unpaired) electrons. The lowest BCUT2D eigenvalue weighted by molar-refractivity contribution is -0.00269. The molecular formula is C28H26N6O3. The fourth-order valence-corrected chi connectivity index (χ4v) is 4.13. The maximum absolute atomic E-state index is 13.1. The van der Waals surface area contributed by atoms with Crippen molar-refractivity contribution in [3.63, 3.8) is 0 Å². The van der Waals surface area contributed by atoms with E-state index in [1.54, 1.807) is 18.5 Å². The van der Waals surface area contributed by atoms with Gasteiger partial charge in [0.1, 0.15) is 0 Å². The number of nitrogens with one attached hydrogen (secondary N) is 2. The van der Waals surface area contributed by atoms with E-state index >= 15 is 0 Å². The highest BCUT2D eigenvalue weighted by atomic mass is 16.5. The summed E-state index contributed by atoms with van der Waals surface area (Å²) in [6, 6.07) is 20.1. The molecule has 37 heavy (non-hydrogen) atoms. The van der Waals surface area contributed by atoms with Crippen LogP contribution < -0.4 is 10.6 Å². The van der Waals surface area contributed by atoms with Crippen molar-refractivity contribution in [2.24, 2.45) is 0 Å². The fourth-order valence-electron chi connectivity index (χ4n) is 4.13. The average molecular weight is 495 g/mol. The van der Waals surface area contributed by atoms with Crippen LogP contribution in [0.4, 0.5) is 16.3 Å². The number of morpholine rings is 1. The standard InChI is InChI=1S/C28H26N6O3/c1-19-7-12-23(15-30-19)31-28(36)33-26-17-29-16-24(32-26)20-8-10-21(11-9-20)25-18-37-14-13-34(25)27(35)22-5-3-2-4-6-22/h2-12,15-17,25H,13-14,18H2,1H3,(H2,31,32,33,36). The van der Waals surface area contributed by atoms with Gasteiger partial charge in [0.25, 0.3) is 5.91 Å². The normalized spacial score (nSPS) is 15.2. The molecule has 9 nitrogen and oxygen atoms in total. The molecule has 1 unspecified atom stereocenters. The molecule has 2 N–H and O–H groups in total. The maximum Gasteiger partial charge on any atom is 0.324 e. The number of carbonyl (C=O) groups excluding carboxylic acids is 2. The van der Waals surface area contributed by atoms with E-state index in [1.807, 2.05) is 72.5 Å². The van der Waals surface area contributed by atoms with Gasteiger partial charge in [-0.3, -0.25) is 20.1 Å². The minimum Gasteiger partial charge on any atom is -0.377 e. The summed E-state index contributed by atoms with van der Waals surface area (Å²) in [5.74, 6) is 0.307. The van der Waals surface area contributed by atoms with Gasteiger partial charge in [-0.05, 0) is 36.8 Å². The number of nitrogens with zero attached hydrogens (tertiary/aromatic N) is 4. The number of rotatable bonds is 5. The summed E-state index contributed by atoms with van der Waals surface area (Å²) >= 11 is 0. The summed E-state index contributed by atoms with van der Waals surface area (Å²) in [6.07, 6.45) is 4.71. The Labute approximate surface area is 214 Å². The molecule has 2 aromatic carbocycles. The van der Waals surface area contributed by atoms with Gasteiger partial charge >= 0.3 is 6.03 Å². The topological polar surface area (TPSA) is 109 Å². The van der Waals surface area contributed by atoms with E-state index in [1.165, 1.54) is 6.20 Å². The van der Waals surface area contributed by atoms with E-state index < -0.39 is 6.03 Å². The average Bonchev–Trinajstić information content (AvgIpc) is 2.94. The Bertz CT molecular complexity index is 1380. The number of aromatic nitrogens is 3. The van der Waals surface area contributed by atoms with Gasteiger partial charge in [0.15, 0.2) is 5.82 Å². The van der Waals surface area contributed by atoms with E-state index in [4.69, 9.17) is 4.74 Å². The van der Waals surface area contributed by atoms with Crippen molar-refractivity contribution in [3.05, 3.63) is 102 Å². The number of benzene rings is 2. The van der Waals surface area contributed by atoms with Crippen molar-refractivity contribution >= 4 is 23.4 Å². The first-order valence-corrected chi connectivity index (χ1v) is 11.9. The monoisotopic (exact) mass is 494 g/mol. The van der Waals surface area contributed by atoms with Crippen LogP contribution in [0.3, 0.4) is 0 Å². The molecule has 1 fully saturated rings. The highest BCUT2D eigenvalue weighted by Gasteiger charge is 2.29. The third kappa shape index (κ3) is 5.79. The molecule has 9 heteroatoms. The number of urea groups is 1.